The molecule has 0 saturated carbocycles. The van der Waals surface area contributed by atoms with Crippen LogP contribution in [0.1, 0.15) is 192 Å². The predicted molar refractivity (Wildman–Crippen MR) is 502 cm³/mol. The summed E-state index contributed by atoms with van der Waals surface area (Å²) in [7, 11) is 8.00. The number of aliphatic hydroxyl groups is 2. The molecule has 1 amide bonds. The number of hydrogen-bond acceptors (Lipinski definition) is 13. The quantitative estimate of drug-likeness (QED) is 0.0190. The van der Waals surface area contributed by atoms with Crippen LogP contribution in [0.2, 0.25) is 0 Å². The molecule has 0 aromatic heterocycles. The largest absolute Gasteiger partial charge is 0 e. The number of esters is 1. The Labute approximate surface area is 795 Å². The van der Waals surface area contributed by atoms with Gasteiger partial charge >= 0.3 is 39.1 Å². The van der Waals surface area contributed by atoms with Crippen LogP contribution in [0.25, 0.3) is 4.85 Å². The smallest absolute Gasteiger partial charge is 0 e. The maximum absolute atomic E-state index is 13.5. The monoisotopic (exact) mass is 2130 g/mol. The molecule has 0 unspecified atom stereocenters. The Hall–Kier alpha value is -11.2. The zero-order valence-corrected chi connectivity index (χ0v) is 78.6. The molecule has 0 bridgehead atoms. The normalized spacial score (nSPS) is 8.50. The van der Waals surface area contributed by atoms with Crippen molar-refractivity contribution in [2.45, 2.75) is 162 Å². The number of ether oxygens (including phenoxy) is 2. The maximum atomic E-state index is 13.5. The number of nitrogens with one attached hydrogen (secondary N) is 1. The summed E-state index contributed by atoms with van der Waals surface area (Å²) in [6, 6.07) is 45.2. The van der Waals surface area contributed by atoms with Gasteiger partial charge in [0.25, 0.3) is 12.5 Å². The van der Waals surface area contributed by atoms with E-state index in [-0.39, 0.29) is 135 Å². The molecule has 0 saturated heterocycles. The molecule has 0 aliphatic heterocycles. The van der Waals surface area contributed by atoms with Gasteiger partial charge in [-0.15, -0.1) is 45.0 Å². The van der Waals surface area contributed by atoms with Crippen LogP contribution in [0.5, 0.6) is 0 Å². The van der Waals surface area contributed by atoms with Crippen LogP contribution in [0.4, 0.5) is 35.1 Å². The second kappa shape index (κ2) is 88.7. The first-order chi connectivity index (χ1) is 58.4. The van der Waals surface area contributed by atoms with Crippen molar-refractivity contribution in [1.29, 1.82) is 26.3 Å². The van der Waals surface area contributed by atoms with Gasteiger partial charge in [-0.2, -0.15) is 26.3 Å². The molecule has 0 atom stereocenters. The zero-order chi connectivity index (χ0) is 96.7. The van der Waals surface area contributed by atoms with Gasteiger partial charge in [-0.25, -0.2) is 41.7 Å². The SMILES string of the molecule is C.C.C.C#C.C#C.C#CC(C)(C)O.C#Cc1ccc(C#N)c(F)c1.C#Cc1ccc(C#N)c(F)c1.CC(C)(O)C#Cc1ccc(C#N)c(F)c1.CCOC(C)=O.CCOCC.CCc1ccc(C#N)c(F)c1.CCc1ccc(CN)c(F)c1.CCc1ccc(CN)c(F)c1.N#Cc1ccc(Br)cc1F.[2H][2H].[B][B].[C-]#[N+]CC(=O)NCc1ccc(CC)cc1F.[CH3-].[Cu+][I].[Ta]. The van der Waals surface area contributed by atoms with E-state index in [1.165, 1.54) is 85.8 Å². The van der Waals surface area contributed by atoms with Gasteiger partial charge in [0, 0.05) is 118 Å². The number of nitriles is 5. The number of halogens is 10. The number of carbonyl (C=O) groups is 2. The van der Waals surface area contributed by atoms with Crippen molar-refractivity contribution in [3.05, 3.63) is 299 Å². The molecule has 0 aliphatic carbocycles. The molecule has 0 aliphatic rings. The van der Waals surface area contributed by atoms with Crippen molar-refractivity contribution in [1.82, 2.24) is 5.32 Å². The fourth-order valence-corrected chi connectivity index (χ4v) is 7.72. The molecule has 7 N–H and O–H groups in total. The number of benzene rings is 8. The Morgan fingerprint density at radius 2 is 0.794 bits per heavy atom. The summed E-state index contributed by atoms with van der Waals surface area (Å²) in [6.07, 6.45) is 34.1. The van der Waals surface area contributed by atoms with Crippen LogP contribution in [0, 0.1) is 192 Å². The van der Waals surface area contributed by atoms with E-state index in [2.05, 4.69) is 114 Å². The number of terminal acetylenes is 5. The van der Waals surface area contributed by atoms with Crippen molar-refractivity contribution in [2.24, 2.45) is 11.5 Å². The number of nitrogens with zero attached hydrogens (tertiary/aromatic N) is 6. The van der Waals surface area contributed by atoms with Gasteiger partial charge in [-0.3, -0.25) is 9.59 Å². The van der Waals surface area contributed by atoms with E-state index in [0.717, 1.165) is 61.2 Å². The number of nitrogens with two attached hydrogens (primary N) is 2. The van der Waals surface area contributed by atoms with Crippen LogP contribution >= 0.6 is 36.3 Å². The minimum Gasteiger partial charge on any atom is 0 e. The van der Waals surface area contributed by atoms with Crippen molar-refractivity contribution in [2.75, 3.05) is 26.4 Å². The minimum absolute atomic E-state index is 0. The Bertz CT molecular complexity index is 4800. The first-order valence-electron chi connectivity index (χ1n) is 36.6. The number of amides is 1. The number of carbonyl (C=O) groups excluding carboxylic acids is 2. The zero-order valence-electron chi connectivity index (χ0n) is 72.7. The second-order valence-corrected chi connectivity index (χ2v) is 24.2. The molecular formula is C97H113B2BrCuF8IN9O6Ta. The minimum atomic E-state index is -1.11. The standard InChI is InChI=1S/C12H13FN2O.C12H10FNO.2C9H12FN.C9H8FN.2C9H4FN.C7H3BrFN.C5H8O.C4H8O2.C4H10O.2C2H2.3CH4.CH3.B2.Cu.HI.Ta.H2/c1-3-9-4-5-10(11(13)6-9)7-15-12(16)8-14-2;1-12(2,15)6-5-9-3-4-10(8-14)11(13)7-9;5*1-2-7-3-4-8(6-11)9(10)5-7;8-6-2-1-5(4-10)7(9)3-6;1-4-5(2,3)6;1-3-6-4(2)5;1-3-5-4-2;2*1-2;;;;;1-2;;;;/h4-6H,3,7-8H2,1H3,(H,15,16);3-4,7,15H,1-2H3;2*3-5H,2,6,11H2,1H3;3-5H,2H2,1H3;2*1,3-5H;1-3H;1,6H,2-3H3;3H2,1-2H3;3-4H2,1-2H3;2*1-2H;3*1H4;1H3;;;1H;;1H/q;;;;;;;;;;;;;;;;-1;;+2;;;/p-1/i;;;;;;;;;;;;;;;;;;;;;1+1D. The van der Waals surface area contributed by atoms with Gasteiger partial charge in [0.2, 0.25) is 0 Å². The molecular weight excluding hydrogens is 2010 g/mol. The molecule has 15 nitrogen and oxygen atoms in total. The Morgan fingerprint density at radius 3 is 1.02 bits per heavy atom. The van der Waals surface area contributed by atoms with Gasteiger partial charge in [0.05, 0.1) is 34.4 Å². The van der Waals surface area contributed by atoms with Crippen molar-refractivity contribution in [3.63, 3.8) is 0 Å². The van der Waals surface area contributed by atoms with Crippen LogP contribution in [-0.4, -0.2) is 75.1 Å². The van der Waals surface area contributed by atoms with Gasteiger partial charge in [-0.1, -0.05) is 138 Å². The average Bonchev–Trinajstić information content (AvgIpc) is 0.886. The summed E-state index contributed by atoms with van der Waals surface area (Å²) in [6.45, 7) is 30.4. The summed E-state index contributed by atoms with van der Waals surface area (Å²) in [4.78, 5) is 23.8. The first-order valence-corrected chi connectivity index (χ1v) is 39.4. The Balaban J connectivity index is -0.000000103. The first kappa shape index (κ1) is 138. The molecule has 0 fully saturated rings. The van der Waals surface area contributed by atoms with E-state index in [0.29, 0.717) is 44.5 Å². The molecule has 0 spiro atoms. The maximum Gasteiger partial charge on any atom is 0 e. The van der Waals surface area contributed by atoms with Gasteiger partial charge in [0.1, 0.15) is 88.1 Å². The summed E-state index contributed by atoms with van der Waals surface area (Å²) in [5.74, 6) is 7.96. The molecule has 674 valence electrons. The van der Waals surface area contributed by atoms with Crippen LogP contribution in [0.15, 0.2) is 150 Å². The van der Waals surface area contributed by atoms with Crippen molar-refractivity contribution < 1.29 is 103 Å². The van der Waals surface area contributed by atoms with E-state index in [1.807, 2.05) is 59.7 Å². The fourth-order valence-electron chi connectivity index (χ4n) is 7.38. The van der Waals surface area contributed by atoms with E-state index >= 15 is 0 Å². The van der Waals surface area contributed by atoms with Crippen molar-refractivity contribution in [3.8, 4) is 105 Å². The molecule has 29 heteroatoms. The van der Waals surface area contributed by atoms with Gasteiger partial charge in [0.15, 0.2) is 0 Å². The van der Waals surface area contributed by atoms with E-state index in [1.54, 1.807) is 134 Å². The van der Waals surface area contributed by atoms with Crippen LogP contribution < -0.4 is 16.8 Å². The summed E-state index contributed by atoms with van der Waals surface area (Å²) in [5.41, 5.74) is 15.6. The molecule has 8 aromatic carbocycles. The second-order valence-electron chi connectivity index (χ2n) is 23.3. The number of rotatable bonds is 12. The molecule has 126 heavy (non-hydrogen) atoms. The Kier molecular flexibility index (Phi) is 97.2. The van der Waals surface area contributed by atoms with Crippen LogP contribution in [-0.2, 0) is 99.5 Å². The third kappa shape index (κ3) is 71.2. The van der Waals surface area contributed by atoms with E-state index < -0.39 is 40.3 Å². The topological polar surface area (TPSA) is 280 Å². The van der Waals surface area contributed by atoms with E-state index in [9.17, 15) is 49.8 Å². The summed E-state index contributed by atoms with van der Waals surface area (Å²) >= 11 is 8.95. The number of aryl methyl sites for hydroxylation is 4. The summed E-state index contributed by atoms with van der Waals surface area (Å²) in [5, 5.41) is 62.3. The molecule has 8 rings (SSSR count). The third-order valence-electron chi connectivity index (χ3n) is 13.6. The molecule has 0 heterocycles. The summed E-state index contributed by atoms with van der Waals surface area (Å²) < 4.78 is 123. The van der Waals surface area contributed by atoms with Gasteiger partial charge < -0.3 is 48.7 Å². The molecule has 8 aromatic rings. The van der Waals surface area contributed by atoms with Gasteiger partial charge in [-0.05, 0) is 200 Å². The third-order valence-corrected chi connectivity index (χ3v) is 14.0. The van der Waals surface area contributed by atoms with Crippen LogP contribution in [0.3, 0.4) is 0 Å². The predicted octanol–water partition coefficient (Wildman–Crippen LogP) is 20.7. The average molecular weight is 2130 g/mol. The van der Waals surface area contributed by atoms with E-state index in [4.69, 9.17) is 76.4 Å². The number of hydrogen-bond donors (Lipinski definition) is 5. The van der Waals surface area contributed by atoms with Crippen molar-refractivity contribution >= 4 is 63.6 Å². The fraction of sp³-hybridized carbons (Fsp3) is 0.289. The molecule has 5 radical (unpaired) electrons. The Morgan fingerprint density at radius 1 is 0.516 bits per heavy atom.